The van der Waals surface area contributed by atoms with Crippen LogP contribution in [0.15, 0.2) is 24.4 Å². The zero-order chi connectivity index (χ0) is 13.4. The van der Waals surface area contributed by atoms with Gasteiger partial charge in [0.25, 0.3) is 0 Å². The number of nitrogens with zero attached hydrogens (tertiary/aromatic N) is 1. The highest BCUT2D eigenvalue weighted by Crippen LogP contribution is 2.06. The molecule has 0 aromatic carbocycles. The summed E-state index contributed by atoms with van der Waals surface area (Å²) in [5, 5.41) is 0. The minimum absolute atomic E-state index is 0.0140. The third-order valence-electron chi connectivity index (χ3n) is 2.52. The Kier molecular flexibility index (Phi) is 6.94. The Morgan fingerprint density at radius 2 is 2.06 bits per heavy atom. The van der Waals surface area contributed by atoms with E-state index in [-0.39, 0.29) is 17.7 Å². The molecule has 17 heavy (non-hydrogen) atoms. The molecule has 0 bridgehead atoms. The summed E-state index contributed by atoms with van der Waals surface area (Å²) in [6, 6.07) is 0. The van der Waals surface area contributed by atoms with E-state index in [9.17, 15) is 9.59 Å². The minimum Gasteiger partial charge on any atom is -0.399 e. The Hall–Kier alpha value is -1.58. The second-order valence-corrected chi connectivity index (χ2v) is 4.38. The van der Waals surface area contributed by atoms with Crippen LogP contribution in [-0.2, 0) is 9.59 Å². The van der Waals surface area contributed by atoms with Crippen LogP contribution in [0.1, 0.15) is 20.3 Å². The van der Waals surface area contributed by atoms with Crippen molar-refractivity contribution in [1.29, 1.82) is 0 Å². The van der Waals surface area contributed by atoms with Gasteiger partial charge in [-0.3, -0.25) is 4.79 Å². The van der Waals surface area contributed by atoms with Crippen LogP contribution in [0.5, 0.6) is 0 Å². The lowest BCUT2D eigenvalue weighted by Gasteiger charge is -2.20. The first-order valence-corrected chi connectivity index (χ1v) is 5.71. The SMILES string of the molecule is C=C(N)/C=C\C(C)C(=O)N(C)CC[C@@H](C)C=O. The summed E-state index contributed by atoms with van der Waals surface area (Å²) >= 11 is 0. The molecule has 0 heterocycles. The lowest BCUT2D eigenvalue weighted by molar-refractivity contribution is -0.132. The zero-order valence-corrected chi connectivity index (χ0v) is 10.8. The van der Waals surface area contributed by atoms with Crippen molar-refractivity contribution in [3.8, 4) is 0 Å². The maximum Gasteiger partial charge on any atom is 0.228 e. The molecule has 0 radical (unpaired) electrons. The minimum atomic E-state index is -0.230. The third kappa shape index (κ3) is 6.56. The Balaban J connectivity index is 4.20. The molecule has 0 spiro atoms. The largest absolute Gasteiger partial charge is 0.399 e. The molecule has 4 heteroatoms. The van der Waals surface area contributed by atoms with E-state index in [0.29, 0.717) is 18.7 Å². The highest BCUT2D eigenvalue weighted by atomic mass is 16.2. The van der Waals surface area contributed by atoms with Gasteiger partial charge in [0.1, 0.15) is 6.29 Å². The van der Waals surface area contributed by atoms with Gasteiger partial charge in [0.15, 0.2) is 0 Å². The van der Waals surface area contributed by atoms with Crippen molar-refractivity contribution in [2.45, 2.75) is 20.3 Å². The first kappa shape index (κ1) is 15.4. The first-order chi connectivity index (χ1) is 7.88. The molecular weight excluding hydrogens is 216 g/mol. The monoisotopic (exact) mass is 238 g/mol. The van der Waals surface area contributed by atoms with Gasteiger partial charge >= 0.3 is 0 Å². The summed E-state index contributed by atoms with van der Waals surface area (Å²) in [4.78, 5) is 24.0. The van der Waals surface area contributed by atoms with E-state index < -0.39 is 0 Å². The van der Waals surface area contributed by atoms with Gasteiger partial charge in [0, 0.05) is 25.2 Å². The van der Waals surface area contributed by atoms with Crippen LogP contribution in [0, 0.1) is 11.8 Å². The summed E-state index contributed by atoms with van der Waals surface area (Å²) in [7, 11) is 1.74. The van der Waals surface area contributed by atoms with Crippen LogP contribution in [0.3, 0.4) is 0 Å². The normalized spacial score (nSPS) is 14.3. The molecule has 0 saturated carbocycles. The van der Waals surface area contributed by atoms with Crippen LogP contribution in [-0.4, -0.2) is 30.7 Å². The maximum absolute atomic E-state index is 11.9. The van der Waals surface area contributed by atoms with Gasteiger partial charge < -0.3 is 15.4 Å². The summed E-state index contributed by atoms with van der Waals surface area (Å²) < 4.78 is 0. The average molecular weight is 238 g/mol. The van der Waals surface area contributed by atoms with E-state index in [1.165, 1.54) is 0 Å². The number of allylic oxidation sites excluding steroid dienone is 1. The van der Waals surface area contributed by atoms with Crippen LogP contribution in [0.2, 0.25) is 0 Å². The van der Waals surface area contributed by atoms with Crippen molar-refractivity contribution in [2.75, 3.05) is 13.6 Å². The second kappa shape index (κ2) is 7.65. The summed E-state index contributed by atoms with van der Waals surface area (Å²) in [6.45, 7) is 7.76. The predicted molar refractivity (Wildman–Crippen MR) is 69.1 cm³/mol. The number of carbonyl (C=O) groups excluding carboxylic acids is 2. The van der Waals surface area contributed by atoms with E-state index in [4.69, 9.17) is 5.73 Å². The Morgan fingerprint density at radius 1 is 1.47 bits per heavy atom. The number of rotatable bonds is 7. The highest BCUT2D eigenvalue weighted by molar-refractivity contribution is 5.80. The molecule has 0 fully saturated rings. The van der Waals surface area contributed by atoms with Crippen molar-refractivity contribution in [2.24, 2.45) is 17.6 Å². The fourth-order valence-electron chi connectivity index (χ4n) is 1.27. The topological polar surface area (TPSA) is 63.4 Å². The molecule has 0 aliphatic carbocycles. The van der Waals surface area contributed by atoms with Crippen molar-refractivity contribution in [3.63, 3.8) is 0 Å². The van der Waals surface area contributed by atoms with Crippen LogP contribution in [0.25, 0.3) is 0 Å². The zero-order valence-electron chi connectivity index (χ0n) is 10.8. The molecule has 2 N–H and O–H groups in total. The van der Waals surface area contributed by atoms with Crippen LogP contribution < -0.4 is 5.73 Å². The van der Waals surface area contributed by atoms with Crippen LogP contribution >= 0.6 is 0 Å². The van der Waals surface area contributed by atoms with E-state index in [1.807, 2.05) is 6.92 Å². The average Bonchev–Trinajstić information content (AvgIpc) is 2.31. The lowest BCUT2D eigenvalue weighted by Crippen LogP contribution is -2.32. The van der Waals surface area contributed by atoms with E-state index >= 15 is 0 Å². The smallest absolute Gasteiger partial charge is 0.228 e. The summed E-state index contributed by atoms with van der Waals surface area (Å²) in [5.74, 6) is -0.229. The predicted octanol–water partition coefficient (Wildman–Crippen LogP) is 1.33. The fraction of sp³-hybridized carbons (Fsp3) is 0.538. The molecule has 1 amide bonds. The van der Waals surface area contributed by atoms with Gasteiger partial charge in [0.05, 0.1) is 5.92 Å². The molecule has 96 valence electrons. The maximum atomic E-state index is 11.9. The third-order valence-corrected chi connectivity index (χ3v) is 2.52. The molecule has 4 nitrogen and oxygen atoms in total. The van der Waals surface area contributed by atoms with Gasteiger partial charge in [-0.1, -0.05) is 26.5 Å². The van der Waals surface area contributed by atoms with Gasteiger partial charge in [-0.05, 0) is 12.5 Å². The molecular formula is C13H22N2O2. The Morgan fingerprint density at radius 3 is 2.53 bits per heavy atom. The number of hydrogen-bond donors (Lipinski definition) is 1. The summed E-state index contributed by atoms with van der Waals surface area (Å²) in [6.07, 6.45) is 4.95. The number of aldehydes is 1. The molecule has 2 atom stereocenters. The Labute approximate surface area is 103 Å². The van der Waals surface area contributed by atoms with Gasteiger partial charge in [0.2, 0.25) is 5.91 Å². The number of carbonyl (C=O) groups is 2. The van der Waals surface area contributed by atoms with E-state index in [2.05, 4.69) is 6.58 Å². The Bertz CT molecular complexity index is 311. The molecule has 1 unspecified atom stereocenters. The fourth-order valence-corrected chi connectivity index (χ4v) is 1.27. The van der Waals surface area contributed by atoms with Crippen molar-refractivity contribution in [1.82, 2.24) is 4.90 Å². The van der Waals surface area contributed by atoms with Gasteiger partial charge in [-0.25, -0.2) is 0 Å². The first-order valence-electron chi connectivity index (χ1n) is 5.71. The molecule has 0 aromatic rings. The molecule has 0 aliphatic heterocycles. The van der Waals surface area contributed by atoms with E-state index in [1.54, 1.807) is 31.0 Å². The standard InChI is InChI=1S/C13H22N2O2/c1-10(9-16)7-8-15(4)13(17)11(2)5-6-12(3)14/h5-6,9-11H,3,7-8,14H2,1-2,4H3/b6-5-/t10-,11?/m1/s1. The van der Waals surface area contributed by atoms with Crippen LogP contribution in [0.4, 0.5) is 0 Å². The van der Waals surface area contributed by atoms with Gasteiger partial charge in [-0.15, -0.1) is 0 Å². The van der Waals surface area contributed by atoms with Crippen molar-refractivity contribution < 1.29 is 9.59 Å². The van der Waals surface area contributed by atoms with Crippen molar-refractivity contribution >= 4 is 12.2 Å². The second-order valence-electron chi connectivity index (χ2n) is 4.38. The molecule has 0 rings (SSSR count). The highest BCUT2D eigenvalue weighted by Gasteiger charge is 2.15. The van der Waals surface area contributed by atoms with Gasteiger partial charge in [-0.2, -0.15) is 0 Å². The lowest BCUT2D eigenvalue weighted by atomic mass is 10.1. The summed E-state index contributed by atoms with van der Waals surface area (Å²) in [5.41, 5.74) is 5.82. The quantitative estimate of drug-likeness (QED) is 0.537. The molecule has 0 aliphatic rings. The van der Waals surface area contributed by atoms with E-state index in [0.717, 1.165) is 6.29 Å². The number of hydrogen-bond acceptors (Lipinski definition) is 3. The number of amides is 1. The number of nitrogens with two attached hydrogens (primary N) is 1. The molecule has 0 saturated heterocycles. The molecule has 0 aromatic heterocycles. The van der Waals surface area contributed by atoms with Crippen molar-refractivity contribution in [3.05, 3.63) is 24.4 Å².